The Hall–Kier alpha value is -2.53. The number of ether oxygens (including phenoxy) is 1. The number of aliphatic imine (C=N–C) groups is 1. The molecule has 132 valence electrons. The molecule has 0 bridgehead atoms. The summed E-state index contributed by atoms with van der Waals surface area (Å²) in [4.78, 5) is 17.7. The second-order valence-electron chi connectivity index (χ2n) is 6.69. The molecule has 2 aromatic rings. The zero-order valence-electron chi connectivity index (χ0n) is 15.1. The minimum Gasteiger partial charge on any atom is -0.493 e. The third kappa shape index (κ3) is 3.27. The summed E-state index contributed by atoms with van der Waals surface area (Å²) in [6, 6.07) is 10.3. The van der Waals surface area contributed by atoms with E-state index in [0.717, 1.165) is 41.2 Å². The Bertz CT molecular complexity index is 953. The van der Waals surface area contributed by atoms with Gasteiger partial charge in [0.2, 0.25) is 0 Å². The third-order valence-corrected chi connectivity index (χ3v) is 5.42. The van der Waals surface area contributed by atoms with Crippen molar-refractivity contribution in [2.45, 2.75) is 27.2 Å². The fourth-order valence-corrected chi connectivity index (χ4v) is 4.21. The van der Waals surface area contributed by atoms with E-state index in [0.29, 0.717) is 10.1 Å². The molecule has 1 N–H and O–H groups in total. The van der Waals surface area contributed by atoms with Crippen LogP contribution in [0.1, 0.15) is 27.8 Å². The normalized spacial score (nSPS) is 19.0. The molecule has 2 heterocycles. The van der Waals surface area contributed by atoms with Gasteiger partial charge in [0, 0.05) is 6.42 Å². The van der Waals surface area contributed by atoms with Gasteiger partial charge in [-0.05, 0) is 73.0 Å². The summed E-state index contributed by atoms with van der Waals surface area (Å²) in [5, 5.41) is 3.50. The Morgan fingerprint density at radius 2 is 1.92 bits per heavy atom. The van der Waals surface area contributed by atoms with Gasteiger partial charge in [0.05, 0.1) is 17.2 Å². The minimum absolute atomic E-state index is 0.104. The van der Waals surface area contributed by atoms with Crippen LogP contribution in [0.3, 0.4) is 0 Å². The van der Waals surface area contributed by atoms with Crippen LogP contribution in [0.15, 0.2) is 40.2 Å². The number of thioether (sulfide) groups is 1. The van der Waals surface area contributed by atoms with Gasteiger partial charge < -0.3 is 10.1 Å². The molecular weight excluding hydrogens is 344 g/mol. The molecule has 4 nitrogen and oxygen atoms in total. The first-order chi connectivity index (χ1) is 12.5. The molecule has 4 rings (SSSR count). The van der Waals surface area contributed by atoms with E-state index in [9.17, 15) is 4.79 Å². The highest BCUT2D eigenvalue weighted by Gasteiger charge is 2.24. The number of nitrogens with zero attached hydrogens (tertiary/aromatic N) is 1. The number of benzene rings is 2. The van der Waals surface area contributed by atoms with Crippen molar-refractivity contribution in [1.82, 2.24) is 5.32 Å². The summed E-state index contributed by atoms with van der Waals surface area (Å²) in [6.07, 6.45) is 2.83. The lowest BCUT2D eigenvalue weighted by Crippen LogP contribution is -2.19. The molecule has 2 aliphatic heterocycles. The van der Waals surface area contributed by atoms with Crippen LogP contribution in [0, 0.1) is 20.8 Å². The molecule has 0 saturated carbocycles. The predicted molar refractivity (Wildman–Crippen MR) is 107 cm³/mol. The van der Waals surface area contributed by atoms with Crippen molar-refractivity contribution >= 4 is 34.6 Å². The number of fused-ring (bicyclic) bond motifs is 1. The average Bonchev–Trinajstić information content (AvgIpc) is 3.17. The number of carbonyl (C=O) groups is 1. The van der Waals surface area contributed by atoms with Crippen molar-refractivity contribution < 1.29 is 9.53 Å². The molecule has 2 aromatic carbocycles. The Morgan fingerprint density at radius 3 is 2.69 bits per heavy atom. The fraction of sp³-hybridized carbons (Fsp3) is 0.238. The van der Waals surface area contributed by atoms with Crippen molar-refractivity contribution in [2.75, 3.05) is 6.61 Å². The maximum Gasteiger partial charge on any atom is 0.264 e. The number of amides is 1. The summed E-state index contributed by atoms with van der Waals surface area (Å²) >= 11 is 1.38. The summed E-state index contributed by atoms with van der Waals surface area (Å²) in [5.41, 5.74) is 6.57. The van der Waals surface area contributed by atoms with Gasteiger partial charge in [0.25, 0.3) is 5.91 Å². The smallest absolute Gasteiger partial charge is 0.264 e. The SMILES string of the molecule is Cc1cc(C)c(/N=C2\NC(=O)/C(=C/c3ccc4c(c3)CCO4)S2)c(C)c1. The van der Waals surface area contributed by atoms with Gasteiger partial charge in [-0.3, -0.25) is 4.79 Å². The molecule has 0 atom stereocenters. The number of carbonyl (C=O) groups excluding carboxylic acids is 1. The lowest BCUT2D eigenvalue weighted by atomic mass is 10.1. The highest BCUT2D eigenvalue weighted by molar-refractivity contribution is 8.18. The van der Waals surface area contributed by atoms with E-state index in [-0.39, 0.29) is 5.91 Å². The molecule has 5 heteroatoms. The van der Waals surface area contributed by atoms with Gasteiger partial charge in [0.1, 0.15) is 5.75 Å². The molecule has 1 saturated heterocycles. The third-order valence-electron chi connectivity index (χ3n) is 4.51. The summed E-state index contributed by atoms with van der Waals surface area (Å²) in [5.74, 6) is 0.844. The first kappa shape index (κ1) is 16.9. The Kier molecular flexibility index (Phi) is 4.32. The zero-order valence-corrected chi connectivity index (χ0v) is 15.9. The van der Waals surface area contributed by atoms with Crippen LogP contribution >= 0.6 is 11.8 Å². The van der Waals surface area contributed by atoms with Crippen LogP contribution in [0.25, 0.3) is 6.08 Å². The molecule has 1 amide bonds. The average molecular weight is 364 g/mol. The van der Waals surface area contributed by atoms with E-state index in [2.05, 4.69) is 35.4 Å². The van der Waals surface area contributed by atoms with E-state index in [1.165, 1.54) is 22.9 Å². The molecule has 0 unspecified atom stereocenters. The van der Waals surface area contributed by atoms with Crippen LogP contribution in [0.4, 0.5) is 5.69 Å². The predicted octanol–water partition coefficient (Wildman–Crippen LogP) is 4.44. The number of nitrogens with one attached hydrogen (secondary N) is 1. The summed E-state index contributed by atoms with van der Waals surface area (Å²) < 4.78 is 5.53. The van der Waals surface area contributed by atoms with E-state index in [1.54, 1.807) is 0 Å². The van der Waals surface area contributed by atoms with Gasteiger partial charge in [0.15, 0.2) is 5.17 Å². The molecule has 0 aromatic heterocycles. The number of hydrogen-bond donors (Lipinski definition) is 1. The van der Waals surface area contributed by atoms with Crippen LogP contribution in [-0.2, 0) is 11.2 Å². The second kappa shape index (κ2) is 6.65. The van der Waals surface area contributed by atoms with Gasteiger partial charge in [-0.2, -0.15) is 0 Å². The molecule has 2 aliphatic rings. The number of hydrogen-bond acceptors (Lipinski definition) is 4. The van der Waals surface area contributed by atoms with Crippen LogP contribution in [-0.4, -0.2) is 17.7 Å². The van der Waals surface area contributed by atoms with Crippen molar-refractivity contribution in [2.24, 2.45) is 4.99 Å². The van der Waals surface area contributed by atoms with E-state index in [1.807, 2.05) is 32.1 Å². The van der Waals surface area contributed by atoms with Gasteiger partial charge in [-0.15, -0.1) is 0 Å². The van der Waals surface area contributed by atoms with Crippen LogP contribution in [0.5, 0.6) is 5.75 Å². The van der Waals surface area contributed by atoms with E-state index in [4.69, 9.17) is 4.74 Å². The first-order valence-corrected chi connectivity index (χ1v) is 9.44. The van der Waals surface area contributed by atoms with Gasteiger partial charge >= 0.3 is 0 Å². The number of aryl methyl sites for hydroxylation is 3. The van der Waals surface area contributed by atoms with Crippen LogP contribution < -0.4 is 10.1 Å². The quantitative estimate of drug-likeness (QED) is 0.802. The van der Waals surface area contributed by atoms with Crippen LogP contribution in [0.2, 0.25) is 0 Å². The second-order valence-corrected chi connectivity index (χ2v) is 7.73. The zero-order chi connectivity index (χ0) is 18.3. The Balaban J connectivity index is 1.61. The molecule has 0 radical (unpaired) electrons. The fourth-order valence-electron chi connectivity index (χ4n) is 3.38. The first-order valence-electron chi connectivity index (χ1n) is 8.63. The summed E-state index contributed by atoms with van der Waals surface area (Å²) in [6.45, 7) is 6.90. The molecule has 0 aliphatic carbocycles. The monoisotopic (exact) mass is 364 g/mol. The van der Waals surface area contributed by atoms with Crippen molar-refractivity contribution in [3.63, 3.8) is 0 Å². The minimum atomic E-state index is -0.104. The van der Waals surface area contributed by atoms with E-state index >= 15 is 0 Å². The molecule has 1 fully saturated rings. The van der Waals surface area contributed by atoms with Crippen molar-refractivity contribution in [1.29, 1.82) is 0 Å². The largest absolute Gasteiger partial charge is 0.493 e. The topological polar surface area (TPSA) is 50.7 Å². The van der Waals surface area contributed by atoms with Gasteiger partial charge in [-0.1, -0.05) is 23.8 Å². The van der Waals surface area contributed by atoms with E-state index < -0.39 is 0 Å². The highest BCUT2D eigenvalue weighted by atomic mass is 32.2. The number of rotatable bonds is 2. The Labute approximate surface area is 157 Å². The number of amidine groups is 1. The highest BCUT2D eigenvalue weighted by Crippen LogP contribution is 2.32. The summed E-state index contributed by atoms with van der Waals surface area (Å²) in [7, 11) is 0. The lowest BCUT2D eigenvalue weighted by Gasteiger charge is -2.07. The standard InChI is InChI=1S/C21H20N2O2S/c1-12-8-13(2)19(14(3)9-12)22-21-23-20(24)18(26-21)11-15-4-5-17-16(10-15)6-7-25-17/h4-5,8-11H,6-7H2,1-3H3,(H,22,23,24)/b18-11-. The molecule has 0 spiro atoms. The van der Waals surface area contributed by atoms with Crippen molar-refractivity contribution in [3.05, 3.63) is 63.1 Å². The maximum absolute atomic E-state index is 12.3. The lowest BCUT2D eigenvalue weighted by molar-refractivity contribution is -0.115. The van der Waals surface area contributed by atoms with Crippen molar-refractivity contribution in [3.8, 4) is 5.75 Å². The molecule has 26 heavy (non-hydrogen) atoms. The Morgan fingerprint density at radius 1 is 1.15 bits per heavy atom. The maximum atomic E-state index is 12.3. The molecular formula is C21H20N2O2S. The van der Waals surface area contributed by atoms with Gasteiger partial charge in [-0.25, -0.2) is 4.99 Å².